The summed E-state index contributed by atoms with van der Waals surface area (Å²) in [4.78, 5) is 0. The van der Waals surface area contributed by atoms with E-state index in [0.29, 0.717) is 5.41 Å². The Bertz CT molecular complexity index is 180. The SMILES string of the molecule is CC(O)CC12CCC(N)(CC1)C2. The second-order valence-electron chi connectivity index (χ2n) is 5.09. The van der Waals surface area contributed by atoms with Gasteiger partial charge in [-0.15, -0.1) is 0 Å². The second-order valence-corrected chi connectivity index (χ2v) is 5.09. The number of aliphatic hydroxyl groups is 1. The molecule has 2 saturated carbocycles. The first-order valence-corrected chi connectivity index (χ1v) is 5.01. The van der Waals surface area contributed by atoms with Crippen molar-refractivity contribution in [3.05, 3.63) is 0 Å². The number of hydrogen-bond acceptors (Lipinski definition) is 2. The van der Waals surface area contributed by atoms with E-state index in [0.717, 1.165) is 12.8 Å². The molecule has 2 nitrogen and oxygen atoms in total. The average Bonchev–Trinajstić information content (AvgIpc) is 2.39. The summed E-state index contributed by atoms with van der Waals surface area (Å²) < 4.78 is 0. The zero-order valence-corrected chi connectivity index (χ0v) is 7.84. The van der Waals surface area contributed by atoms with Gasteiger partial charge >= 0.3 is 0 Å². The molecule has 0 spiro atoms. The van der Waals surface area contributed by atoms with Gasteiger partial charge in [-0.25, -0.2) is 0 Å². The molecule has 2 aliphatic carbocycles. The molecular weight excluding hydrogens is 150 g/mol. The summed E-state index contributed by atoms with van der Waals surface area (Å²) in [5.41, 5.74) is 6.75. The van der Waals surface area contributed by atoms with Gasteiger partial charge in [-0.3, -0.25) is 0 Å². The lowest BCUT2D eigenvalue weighted by atomic mass is 9.79. The Hall–Kier alpha value is -0.0800. The van der Waals surface area contributed by atoms with Gasteiger partial charge in [0, 0.05) is 5.54 Å². The van der Waals surface area contributed by atoms with Crippen molar-refractivity contribution in [2.75, 3.05) is 0 Å². The molecule has 2 bridgehead atoms. The van der Waals surface area contributed by atoms with Gasteiger partial charge in [-0.1, -0.05) is 0 Å². The molecule has 3 N–H and O–H groups in total. The molecule has 2 fully saturated rings. The Balaban J connectivity index is 2.05. The standard InChI is InChI=1S/C10H19NO/c1-8(12)6-9-2-4-10(11,7-9)5-3-9/h8,12H,2-7,11H2,1H3. The van der Waals surface area contributed by atoms with Crippen molar-refractivity contribution < 1.29 is 5.11 Å². The maximum absolute atomic E-state index is 9.37. The Morgan fingerprint density at radius 2 is 1.92 bits per heavy atom. The van der Waals surface area contributed by atoms with Crippen LogP contribution in [-0.2, 0) is 0 Å². The monoisotopic (exact) mass is 169 g/mol. The highest BCUT2D eigenvalue weighted by Crippen LogP contribution is 2.57. The summed E-state index contributed by atoms with van der Waals surface area (Å²) in [6, 6.07) is 0. The van der Waals surface area contributed by atoms with E-state index in [4.69, 9.17) is 5.73 Å². The van der Waals surface area contributed by atoms with Crippen molar-refractivity contribution in [1.29, 1.82) is 0 Å². The van der Waals surface area contributed by atoms with Gasteiger partial charge in [-0.2, -0.15) is 0 Å². The van der Waals surface area contributed by atoms with Gasteiger partial charge in [0.05, 0.1) is 6.10 Å². The van der Waals surface area contributed by atoms with Crippen molar-refractivity contribution in [3.63, 3.8) is 0 Å². The van der Waals surface area contributed by atoms with Crippen LogP contribution in [0.4, 0.5) is 0 Å². The molecule has 2 aliphatic rings. The van der Waals surface area contributed by atoms with Crippen molar-refractivity contribution in [1.82, 2.24) is 0 Å². The van der Waals surface area contributed by atoms with E-state index < -0.39 is 0 Å². The van der Waals surface area contributed by atoms with E-state index in [9.17, 15) is 5.11 Å². The number of fused-ring (bicyclic) bond motifs is 2. The first-order chi connectivity index (χ1) is 5.54. The van der Waals surface area contributed by atoms with Crippen LogP contribution in [0.2, 0.25) is 0 Å². The van der Waals surface area contributed by atoms with Crippen LogP contribution in [0.25, 0.3) is 0 Å². The highest BCUT2D eigenvalue weighted by Gasteiger charge is 2.52. The number of aliphatic hydroxyl groups excluding tert-OH is 1. The molecule has 0 aromatic rings. The molecule has 0 radical (unpaired) electrons. The third-order valence-corrected chi connectivity index (χ3v) is 3.76. The van der Waals surface area contributed by atoms with Crippen molar-refractivity contribution in [2.24, 2.45) is 11.1 Å². The Morgan fingerprint density at radius 3 is 2.25 bits per heavy atom. The fourth-order valence-corrected chi connectivity index (χ4v) is 3.28. The van der Waals surface area contributed by atoms with Crippen LogP contribution < -0.4 is 5.73 Å². The third kappa shape index (κ3) is 1.27. The van der Waals surface area contributed by atoms with Crippen LogP contribution in [0.5, 0.6) is 0 Å². The molecule has 0 aliphatic heterocycles. The fraction of sp³-hybridized carbons (Fsp3) is 1.00. The highest BCUT2D eigenvalue weighted by atomic mass is 16.3. The van der Waals surface area contributed by atoms with Crippen LogP contribution in [0.3, 0.4) is 0 Å². The second kappa shape index (κ2) is 2.46. The molecule has 0 amide bonds. The average molecular weight is 169 g/mol. The smallest absolute Gasteiger partial charge is 0.0517 e. The predicted molar refractivity (Wildman–Crippen MR) is 48.7 cm³/mol. The lowest BCUT2D eigenvalue weighted by Crippen LogP contribution is -2.33. The first kappa shape index (κ1) is 8.52. The van der Waals surface area contributed by atoms with Crippen LogP contribution >= 0.6 is 0 Å². The quantitative estimate of drug-likeness (QED) is 0.656. The molecule has 2 rings (SSSR count). The maximum atomic E-state index is 9.37. The molecule has 0 heterocycles. The normalized spacial score (nSPS) is 48.2. The van der Waals surface area contributed by atoms with Crippen LogP contribution in [0.15, 0.2) is 0 Å². The minimum Gasteiger partial charge on any atom is -0.393 e. The summed E-state index contributed by atoms with van der Waals surface area (Å²) in [5.74, 6) is 0. The zero-order chi connectivity index (χ0) is 8.82. The summed E-state index contributed by atoms with van der Waals surface area (Å²) in [6.45, 7) is 1.89. The molecule has 1 unspecified atom stereocenters. The van der Waals surface area contributed by atoms with Gasteiger partial charge in [0.2, 0.25) is 0 Å². The lowest BCUT2D eigenvalue weighted by molar-refractivity contribution is 0.114. The first-order valence-electron chi connectivity index (χ1n) is 5.01. The largest absolute Gasteiger partial charge is 0.393 e. The molecule has 0 aromatic heterocycles. The Morgan fingerprint density at radius 1 is 1.33 bits per heavy atom. The van der Waals surface area contributed by atoms with E-state index in [2.05, 4.69) is 0 Å². The summed E-state index contributed by atoms with van der Waals surface area (Å²) in [6.07, 6.45) is 6.82. The number of rotatable bonds is 2. The topological polar surface area (TPSA) is 46.2 Å². The highest BCUT2D eigenvalue weighted by molar-refractivity contribution is 5.08. The summed E-state index contributed by atoms with van der Waals surface area (Å²) in [7, 11) is 0. The fourth-order valence-electron chi connectivity index (χ4n) is 3.28. The Kier molecular flexibility index (Phi) is 1.74. The van der Waals surface area contributed by atoms with Crippen LogP contribution in [0, 0.1) is 5.41 Å². The minimum atomic E-state index is -0.148. The molecular formula is C10H19NO. The van der Waals surface area contributed by atoms with Gasteiger partial charge in [0.15, 0.2) is 0 Å². The van der Waals surface area contributed by atoms with Crippen molar-refractivity contribution in [3.8, 4) is 0 Å². The van der Waals surface area contributed by atoms with E-state index in [1.165, 1.54) is 25.7 Å². The van der Waals surface area contributed by atoms with Gasteiger partial charge in [0.1, 0.15) is 0 Å². The van der Waals surface area contributed by atoms with Crippen LogP contribution in [-0.4, -0.2) is 16.7 Å². The number of hydrogen-bond donors (Lipinski definition) is 2. The predicted octanol–water partition coefficient (Wildman–Crippen LogP) is 1.42. The van der Waals surface area contributed by atoms with Crippen molar-refractivity contribution >= 4 is 0 Å². The summed E-state index contributed by atoms with van der Waals surface area (Å²) in [5, 5.41) is 9.37. The minimum absolute atomic E-state index is 0.148. The van der Waals surface area contributed by atoms with Gasteiger partial charge in [0.25, 0.3) is 0 Å². The van der Waals surface area contributed by atoms with Gasteiger partial charge < -0.3 is 10.8 Å². The summed E-state index contributed by atoms with van der Waals surface area (Å²) >= 11 is 0. The maximum Gasteiger partial charge on any atom is 0.0517 e. The van der Waals surface area contributed by atoms with Crippen molar-refractivity contribution in [2.45, 2.75) is 57.1 Å². The molecule has 2 heteroatoms. The van der Waals surface area contributed by atoms with E-state index in [1.54, 1.807) is 0 Å². The Labute approximate surface area is 74.1 Å². The molecule has 12 heavy (non-hydrogen) atoms. The number of nitrogens with two attached hydrogens (primary N) is 1. The van der Waals surface area contributed by atoms with E-state index in [-0.39, 0.29) is 11.6 Å². The van der Waals surface area contributed by atoms with E-state index in [1.807, 2.05) is 6.92 Å². The van der Waals surface area contributed by atoms with Gasteiger partial charge in [-0.05, 0) is 50.9 Å². The zero-order valence-electron chi connectivity index (χ0n) is 7.84. The van der Waals surface area contributed by atoms with E-state index >= 15 is 0 Å². The molecule has 1 atom stereocenters. The lowest BCUT2D eigenvalue weighted by Gasteiger charge is -2.27. The third-order valence-electron chi connectivity index (χ3n) is 3.76. The molecule has 0 saturated heterocycles. The molecule has 70 valence electrons. The molecule has 0 aromatic carbocycles. The van der Waals surface area contributed by atoms with Crippen LogP contribution in [0.1, 0.15) is 45.4 Å².